The summed E-state index contributed by atoms with van der Waals surface area (Å²) in [6.07, 6.45) is 3.28. The number of hydrogen-bond acceptors (Lipinski definition) is 1. The van der Waals surface area contributed by atoms with Crippen molar-refractivity contribution in [3.8, 4) is 0 Å². The van der Waals surface area contributed by atoms with E-state index in [1.54, 1.807) is 0 Å². The standard InChI is InChI=1S/C22H20O/c1-2-8-21(22(23)19-10-4-3-5-11-19)16-17-13-14-18-9-6-7-12-20(18)15-17/h2-7,9-15,21H,1,8,16H2. The zero-order valence-corrected chi connectivity index (χ0v) is 13.1. The van der Waals surface area contributed by atoms with Crippen molar-refractivity contribution in [1.82, 2.24) is 0 Å². The van der Waals surface area contributed by atoms with Gasteiger partial charge in [-0.2, -0.15) is 0 Å². The number of rotatable bonds is 6. The second kappa shape index (κ2) is 7.06. The molecule has 0 spiro atoms. The molecule has 1 nitrogen and oxygen atoms in total. The van der Waals surface area contributed by atoms with Gasteiger partial charge in [-0.05, 0) is 29.2 Å². The smallest absolute Gasteiger partial charge is 0.166 e. The summed E-state index contributed by atoms with van der Waals surface area (Å²) in [5.74, 6) is 0.134. The fourth-order valence-corrected chi connectivity index (χ4v) is 2.97. The van der Waals surface area contributed by atoms with E-state index in [1.165, 1.54) is 16.3 Å². The third kappa shape index (κ3) is 3.57. The molecule has 23 heavy (non-hydrogen) atoms. The monoisotopic (exact) mass is 300 g/mol. The molecule has 3 aromatic carbocycles. The van der Waals surface area contributed by atoms with E-state index in [0.29, 0.717) is 6.42 Å². The van der Waals surface area contributed by atoms with Crippen LogP contribution in [0.2, 0.25) is 0 Å². The number of benzene rings is 3. The van der Waals surface area contributed by atoms with E-state index in [2.05, 4.69) is 36.9 Å². The molecule has 114 valence electrons. The lowest BCUT2D eigenvalue weighted by Crippen LogP contribution is -2.17. The van der Waals surface area contributed by atoms with Crippen molar-refractivity contribution in [1.29, 1.82) is 0 Å². The third-order valence-corrected chi connectivity index (χ3v) is 4.18. The minimum Gasteiger partial charge on any atom is -0.294 e. The summed E-state index contributed by atoms with van der Waals surface area (Å²) in [6, 6.07) is 24.3. The molecule has 1 unspecified atom stereocenters. The molecule has 0 amide bonds. The Bertz CT molecular complexity index is 818. The van der Waals surface area contributed by atoms with Crippen molar-refractivity contribution in [3.63, 3.8) is 0 Å². The van der Waals surface area contributed by atoms with Gasteiger partial charge in [-0.15, -0.1) is 6.58 Å². The highest BCUT2D eigenvalue weighted by molar-refractivity contribution is 5.98. The highest BCUT2D eigenvalue weighted by Crippen LogP contribution is 2.22. The van der Waals surface area contributed by atoms with Gasteiger partial charge in [0.05, 0.1) is 0 Å². The molecule has 0 aliphatic carbocycles. The molecule has 3 aromatic rings. The van der Waals surface area contributed by atoms with Gasteiger partial charge in [0.2, 0.25) is 0 Å². The molecular weight excluding hydrogens is 280 g/mol. The van der Waals surface area contributed by atoms with Crippen molar-refractivity contribution < 1.29 is 4.79 Å². The van der Waals surface area contributed by atoms with Gasteiger partial charge >= 0.3 is 0 Å². The minimum atomic E-state index is -0.0592. The molecule has 0 radical (unpaired) electrons. The van der Waals surface area contributed by atoms with Crippen LogP contribution in [0.1, 0.15) is 22.3 Å². The van der Waals surface area contributed by atoms with Crippen molar-refractivity contribution >= 4 is 16.6 Å². The van der Waals surface area contributed by atoms with Crippen LogP contribution in [0.25, 0.3) is 10.8 Å². The topological polar surface area (TPSA) is 17.1 Å². The van der Waals surface area contributed by atoms with E-state index >= 15 is 0 Å². The summed E-state index contributed by atoms with van der Waals surface area (Å²) >= 11 is 0. The maximum atomic E-state index is 12.8. The van der Waals surface area contributed by atoms with Crippen molar-refractivity contribution in [2.75, 3.05) is 0 Å². The zero-order chi connectivity index (χ0) is 16.1. The van der Waals surface area contributed by atoms with Crippen LogP contribution in [0, 0.1) is 5.92 Å². The van der Waals surface area contributed by atoms with Crippen molar-refractivity contribution in [3.05, 3.63) is 96.6 Å². The summed E-state index contributed by atoms with van der Waals surface area (Å²) < 4.78 is 0. The lowest BCUT2D eigenvalue weighted by Gasteiger charge is -2.15. The summed E-state index contributed by atoms with van der Waals surface area (Å²) in [6.45, 7) is 3.82. The van der Waals surface area contributed by atoms with Gasteiger partial charge < -0.3 is 0 Å². The van der Waals surface area contributed by atoms with Gasteiger partial charge in [-0.3, -0.25) is 4.79 Å². The van der Waals surface area contributed by atoms with Crippen LogP contribution in [-0.4, -0.2) is 5.78 Å². The summed E-state index contributed by atoms with van der Waals surface area (Å²) in [5.41, 5.74) is 1.97. The molecule has 1 heteroatoms. The van der Waals surface area contributed by atoms with Gasteiger partial charge in [0.1, 0.15) is 0 Å². The Morgan fingerprint density at radius 3 is 2.35 bits per heavy atom. The molecule has 0 N–H and O–H groups in total. The van der Waals surface area contributed by atoms with Crippen LogP contribution < -0.4 is 0 Å². The summed E-state index contributed by atoms with van der Waals surface area (Å²) in [5, 5.41) is 2.44. The minimum absolute atomic E-state index is 0.0592. The number of Topliss-reactive ketones (excluding diaryl/α,β-unsaturated/α-hetero) is 1. The SMILES string of the molecule is C=CCC(Cc1ccc2ccccc2c1)C(=O)c1ccccc1. The predicted octanol–water partition coefficient (Wildman–Crippen LogP) is 5.46. The van der Waals surface area contributed by atoms with E-state index in [0.717, 1.165) is 12.0 Å². The second-order valence-electron chi connectivity index (χ2n) is 5.84. The Kier molecular flexibility index (Phi) is 4.68. The lowest BCUT2D eigenvalue weighted by atomic mass is 9.88. The van der Waals surface area contributed by atoms with Gasteiger partial charge in [-0.1, -0.05) is 78.9 Å². The van der Waals surface area contributed by atoms with Crippen LogP contribution in [-0.2, 0) is 6.42 Å². The molecule has 0 aliphatic rings. The van der Waals surface area contributed by atoms with Crippen LogP contribution in [0.15, 0.2) is 85.5 Å². The highest BCUT2D eigenvalue weighted by Gasteiger charge is 2.19. The van der Waals surface area contributed by atoms with Crippen LogP contribution >= 0.6 is 0 Å². The second-order valence-corrected chi connectivity index (χ2v) is 5.84. The Hall–Kier alpha value is -2.67. The van der Waals surface area contributed by atoms with Gasteiger partial charge in [0.15, 0.2) is 5.78 Å². The fourth-order valence-electron chi connectivity index (χ4n) is 2.97. The molecule has 0 aliphatic heterocycles. The largest absolute Gasteiger partial charge is 0.294 e. The van der Waals surface area contributed by atoms with E-state index < -0.39 is 0 Å². The maximum absolute atomic E-state index is 12.8. The Balaban J connectivity index is 1.86. The molecule has 3 rings (SSSR count). The molecule has 1 atom stereocenters. The van der Waals surface area contributed by atoms with Gasteiger partial charge in [0, 0.05) is 11.5 Å². The number of carbonyl (C=O) groups is 1. The quantitative estimate of drug-likeness (QED) is 0.436. The number of fused-ring (bicyclic) bond motifs is 1. The zero-order valence-electron chi connectivity index (χ0n) is 13.1. The van der Waals surface area contributed by atoms with Gasteiger partial charge in [0.25, 0.3) is 0 Å². The first kappa shape index (κ1) is 15.2. The maximum Gasteiger partial charge on any atom is 0.166 e. The third-order valence-electron chi connectivity index (χ3n) is 4.18. The average molecular weight is 300 g/mol. The van der Waals surface area contributed by atoms with E-state index in [1.807, 2.05) is 48.5 Å². The number of allylic oxidation sites excluding steroid dienone is 1. The fraction of sp³-hybridized carbons (Fsp3) is 0.136. The summed E-state index contributed by atoms with van der Waals surface area (Å²) in [4.78, 5) is 12.8. The van der Waals surface area contributed by atoms with Crippen LogP contribution in [0.5, 0.6) is 0 Å². The Morgan fingerprint density at radius 2 is 1.61 bits per heavy atom. The van der Waals surface area contributed by atoms with Crippen molar-refractivity contribution in [2.45, 2.75) is 12.8 Å². The normalized spacial score (nSPS) is 12.0. The van der Waals surface area contributed by atoms with E-state index in [-0.39, 0.29) is 11.7 Å². The Labute approximate surface area is 137 Å². The molecule has 0 saturated heterocycles. The van der Waals surface area contributed by atoms with Crippen LogP contribution in [0.4, 0.5) is 0 Å². The molecule has 0 fully saturated rings. The molecule has 0 saturated carbocycles. The first-order valence-electron chi connectivity index (χ1n) is 7.96. The molecule has 0 heterocycles. The number of carbonyl (C=O) groups excluding carboxylic acids is 1. The van der Waals surface area contributed by atoms with Crippen molar-refractivity contribution in [2.24, 2.45) is 5.92 Å². The predicted molar refractivity (Wildman–Crippen MR) is 96.7 cm³/mol. The van der Waals surface area contributed by atoms with Gasteiger partial charge in [-0.25, -0.2) is 0 Å². The summed E-state index contributed by atoms with van der Waals surface area (Å²) in [7, 11) is 0. The first-order valence-corrected chi connectivity index (χ1v) is 7.96. The first-order chi connectivity index (χ1) is 11.3. The highest BCUT2D eigenvalue weighted by atomic mass is 16.1. The Morgan fingerprint density at radius 1 is 0.913 bits per heavy atom. The molecule has 0 bridgehead atoms. The average Bonchev–Trinajstić information content (AvgIpc) is 2.61. The molecule has 0 aromatic heterocycles. The molecular formula is C22H20O. The number of ketones is 1. The van der Waals surface area contributed by atoms with Crippen LogP contribution in [0.3, 0.4) is 0 Å². The van der Waals surface area contributed by atoms with E-state index in [4.69, 9.17) is 0 Å². The lowest BCUT2D eigenvalue weighted by molar-refractivity contribution is 0.0920. The van der Waals surface area contributed by atoms with E-state index in [9.17, 15) is 4.79 Å². The number of hydrogen-bond donors (Lipinski definition) is 0.